The monoisotopic (exact) mass is 399 g/mol. The Labute approximate surface area is 169 Å². The van der Waals surface area contributed by atoms with Gasteiger partial charge in [0.1, 0.15) is 5.82 Å². The molecule has 154 valence electrons. The van der Waals surface area contributed by atoms with Crippen molar-refractivity contribution in [2.45, 2.75) is 31.7 Å². The summed E-state index contributed by atoms with van der Waals surface area (Å²) in [5.41, 5.74) is 0.603. The van der Waals surface area contributed by atoms with Crippen LogP contribution in [0.15, 0.2) is 47.1 Å². The lowest BCUT2D eigenvalue weighted by Crippen LogP contribution is -2.56. The van der Waals surface area contributed by atoms with Gasteiger partial charge in [-0.25, -0.2) is 4.39 Å². The lowest BCUT2D eigenvalue weighted by atomic mass is 9.95. The highest BCUT2D eigenvalue weighted by Gasteiger charge is 2.37. The number of furan rings is 1. The summed E-state index contributed by atoms with van der Waals surface area (Å²) in [6.07, 6.45) is 5.85. The van der Waals surface area contributed by atoms with Gasteiger partial charge in [-0.2, -0.15) is 0 Å². The molecule has 1 unspecified atom stereocenters. The minimum atomic E-state index is -0.326. The molecule has 2 heterocycles. The average Bonchev–Trinajstić information content (AvgIpc) is 3.44. The standard InChI is InChI=1S/C22H26FN3O3/c23-17-7-9-18(10-8-17)24-21(27)20(16-4-1-2-5-16)25-11-13-26(14-12-25)22(28)19-6-3-15-29-19/h3,6-10,15-16,20H,1-2,4-5,11-14H2,(H,24,27). The smallest absolute Gasteiger partial charge is 0.289 e. The van der Waals surface area contributed by atoms with E-state index in [2.05, 4.69) is 10.2 Å². The molecule has 1 aromatic heterocycles. The van der Waals surface area contributed by atoms with Gasteiger partial charge in [0.05, 0.1) is 12.3 Å². The zero-order valence-electron chi connectivity index (χ0n) is 16.4. The van der Waals surface area contributed by atoms with Crippen LogP contribution >= 0.6 is 0 Å². The summed E-state index contributed by atoms with van der Waals surface area (Å²) in [7, 11) is 0. The summed E-state index contributed by atoms with van der Waals surface area (Å²) in [5, 5.41) is 2.96. The molecule has 1 aliphatic heterocycles. The molecule has 2 fully saturated rings. The lowest BCUT2D eigenvalue weighted by molar-refractivity contribution is -0.123. The summed E-state index contributed by atoms with van der Waals surface area (Å²) in [4.78, 5) is 29.6. The summed E-state index contributed by atoms with van der Waals surface area (Å²) < 4.78 is 18.4. The Morgan fingerprint density at radius 2 is 1.72 bits per heavy atom. The quantitative estimate of drug-likeness (QED) is 0.837. The second kappa shape index (κ2) is 8.78. The predicted molar refractivity (Wildman–Crippen MR) is 107 cm³/mol. The number of hydrogen-bond donors (Lipinski definition) is 1. The Balaban J connectivity index is 1.42. The van der Waals surface area contributed by atoms with E-state index in [-0.39, 0.29) is 23.7 Å². The number of carbonyl (C=O) groups excluding carboxylic acids is 2. The van der Waals surface area contributed by atoms with Crippen LogP contribution in [0.3, 0.4) is 0 Å². The van der Waals surface area contributed by atoms with Crippen LogP contribution in [0, 0.1) is 11.7 Å². The van der Waals surface area contributed by atoms with Gasteiger partial charge >= 0.3 is 0 Å². The average molecular weight is 399 g/mol. The number of rotatable bonds is 5. The molecule has 1 aliphatic carbocycles. The van der Waals surface area contributed by atoms with Crippen molar-refractivity contribution in [2.75, 3.05) is 31.5 Å². The van der Waals surface area contributed by atoms with E-state index in [1.165, 1.54) is 18.4 Å². The second-order valence-electron chi connectivity index (χ2n) is 7.79. The fourth-order valence-electron chi connectivity index (χ4n) is 4.46. The van der Waals surface area contributed by atoms with Crippen molar-refractivity contribution in [1.29, 1.82) is 0 Å². The first kappa shape index (κ1) is 19.6. The van der Waals surface area contributed by atoms with Gasteiger partial charge in [0.15, 0.2) is 5.76 Å². The minimum Gasteiger partial charge on any atom is -0.459 e. The van der Waals surface area contributed by atoms with E-state index < -0.39 is 0 Å². The van der Waals surface area contributed by atoms with Gasteiger partial charge in [-0.3, -0.25) is 14.5 Å². The molecule has 1 atom stereocenters. The van der Waals surface area contributed by atoms with E-state index in [1.54, 1.807) is 29.2 Å². The molecule has 1 saturated carbocycles. The number of benzene rings is 1. The molecular formula is C22H26FN3O3. The topological polar surface area (TPSA) is 65.8 Å². The number of hydrogen-bond acceptors (Lipinski definition) is 4. The van der Waals surface area contributed by atoms with E-state index in [4.69, 9.17) is 4.42 Å². The van der Waals surface area contributed by atoms with Gasteiger partial charge in [-0.05, 0) is 55.2 Å². The summed E-state index contributed by atoms with van der Waals surface area (Å²) in [5.74, 6) is 0.174. The SMILES string of the molecule is O=C(Nc1ccc(F)cc1)C(C1CCCC1)N1CCN(C(=O)c2ccco2)CC1. The van der Waals surface area contributed by atoms with Gasteiger partial charge in [0, 0.05) is 31.9 Å². The predicted octanol–water partition coefficient (Wildman–Crippen LogP) is 3.37. The Bertz CT molecular complexity index is 823. The highest BCUT2D eigenvalue weighted by atomic mass is 19.1. The van der Waals surface area contributed by atoms with Crippen LogP contribution in [0.2, 0.25) is 0 Å². The molecule has 2 amide bonds. The van der Waals surface area contributed by atoms with E-state index in [1.807, 2.05) is 0 Å². The summed E-state index contributed by atoms with van der Waals surface area (Å²) in [6.45, 7) is 2.41. The first-order valence-corrected chi connectivity index (χ1v) is 10.2. The number of carbonyl (C=O) groups is 2. The maximum absolute atomic E-state index is 13.2. The largest absolute Gasteiger partial charge is 0.459 e. The fraction of sp³-hybridized carbons (Fsp3) is 0.455. The van der Waals surface area contributed by atoms with Crippen LogP contribution in [0.4, 0.5) is 10.1 Å². The van der Waals surface area contributed by atoms with Gasteiger partial charge < -0.3 is 14.6 Å². The van der Waals surface area contributed by atoms with Crippen molar-refractivity contribution >= 4 is 17.5 Å². The normalized spacial score (nSPS) is 19.3. The number of nitrogens with zero attached hydrogens (tertiary/aromatic N) is 2. The van der Waals surface area contributed by atoms with Gasteiger partial charge in [-0.15, -0.1) is 0 Å². The maximum Gasteiger partial charge on any atom is 0.289 e. The van der Waals surface area contributed by atoms with Crippen molar-refractivity contribution in [2.24, 2.45) is 5.92 Å². The molecular weight excluding hydrogens is 373 g/mol. The van der Waals surface area contributed by atoms with Crippen molar-refractivity contribution in [3.63, 3.8) is 0 Å². The molecule has 2 aromatic rings. The molecule has 2 aliphatic rings. The molecule has 1 N–H and O–H groups in total. The summed E-state index contributed by atoms with van der Waals surface area (Å²) >= 11 is 0. The van der Waals surface area contributed by atoms with Gasteiger partial charge in [0.25, 0.3) is 5.91 Å². The number of halogens is 1. The van der Waals surface area contributed by atoms with Crippen LogP contribution in [0.5, 0.6) is 0 Å². The molecule has 0 spiro atoms. The van der Waals surface area contributed by atoms with Crippen molar-refractivity contribution in [3.05, 3.63) is 54.2 Å². The van der Waals surface area contributed by atoms with Crippen molar-refractivity contribution < 1.29 is 18.4 Å². The Morgan fingerprint density at radius 1 is 1.03 bits per heavy atom. The zero-order valence-corrected chi connectivity index (χ0v) is 16.4. The van der Waals surface area contributed by atoms with Crippen molar-refractivity contribution in [3.8, 4) is 0 Å². The molecule has 4 rings (SSSR count). The Kier molecular flexibility index (Phi) is 5.94. The molecule has 0 bridgehead atoms. The zero-order chi connectivity index (χ0) is 20.2. The van der Waals surface area contributed by atoms with E-state index in [0.717, 1.165) is 25.7 Å². The van der Waals surface area contributed by atoms with Crippen LogP contribution in [-0.4, -0.2) is 53.8 Å². The highest BCUT2D eigenvalue weighted by molar-refractivity contribution is 5.95. The van der Waals surface area contributed by atoms with E-state index in [9.17, 15) is 14.0 Å². The number of amides is 2. The summed E-state index contributed by atoms with van der Waals surface area (Å²) in [6, 6.07) is 9.00. The lowest BCUT2D eigenvalue weighted by Gasteiger charge is -2.40. The highest BCUT2D eigenvalue weighted by Crippen LogP contribution is 2.31. The van der Waals surface area contributed by atoms with Gasteiger partial charge in [-0.1, -0.05) is 12.8 Å². The van der Waals surface area contributed by atoms with Crippen LogP contribution in [-0.2, 0) is 4.79 Å². The third-order valence-corrected chi connectivity index (χ3v) is 5.95. The minimum absolute atomic E-state index is 0.0469. The van der Waals surface area contributed by atoms with Crippen LogP contribution < -0.4 is 5.32 Å². The first-order chi connectivity index (χ1) is 14.1. The second-order valence-corrected chi connectivity index (χ2v) is 7.79. The fourth-order valence-corrected chi connectivity index (χ4v) is 4.46. The molecule has 7 heteroatoms. The number of piperazine rings is 1. The van der Waals surface area contributed by atoms with Crippen LogP contribution in [0.1, 0.15) is 36.2 Å². The van der Waals surface area contributed by atoms with Gasteiger partial charge in [0.2, 0.25) is 5.91 Å². The molecule has 6 nitrogen and oxygen atoms in total. The molecule has 1 saturated heterocycles. The first-order valence-electron chi connectivity index (χ1n) is 10.2. The third-order valence-electron chi connectivity index (χ3n) is 5.95. The number of nitrogens with one attached hydrogen (secondary N) is 1. The van der Waals surface area contributed by atoms with E-state index >= 15 is 0 Å². The third kappa shape index (κ3) is 4.50. The van der Waals surface area contributed by atoms with Crippen LogP contribution in [0.25, 0.3) is 0 Å². The van der Waals surface area contributed by atoms with Crippen molar-refractivity contribution in [1.82, 2.24) is 9.80 Å². The number of anilines is 1. The molecule has 1 aromatic carbocycles. The Morgan fingerprint density at radius 3 is 2.34 bits per heavy atom. The maximum atomic E-state index is 13.2. The molecule has 29 heavy (non-hydrogen) atoms. The molecule has 0 radical (unpaired) electrons. The Hall–Kier alpha value is -2.67. The van der Waals surface area contributed by atoms with E-state index in [0.29, 0.717) is 43.5 Å².